The van der Waals surface area contributed by atoms with E-state index in [0.717, 1.165) is 32.2 Å². The van der Waals surface area contributed by atoms with Gasteiger partial charge in [0, 0.05) is 0 Å². The summed E-state index contributed by atoms with van der Waals surface area (Å²) in [6.07, 6.45) is 3.57. The molecule has 0 aromatic rings. The Balaban J connectivity index is 2.50. The van der Waals surface area contributed by atoms with E-state index in [4.69, 9.17) is 5.11 Å². The summed E-state index contributed by atoms with van der Waals surface area (Å²) in [4.78, 5) is 22.4. The fourth-order valence-corrected chi connectivity index (χ4v) is 2.27. The Bertz CT molecular complexity index is 260. The van der Waals surface area contributed by atoms with Crippen LogP contribution < -0.4 is 10.6 Å². The molecular formula is C11H20N2O3. The van der Waals surface area contributed by atoms with Gasteiger partial charge in [0.15, 0.2) is 0 Å². The Morgan fingerprint density at radius 2 is 1.94 bits per heavy atom. The summed E-state index contributed by atoms with van der Waals surface area (Å²) >= 11 is 0. The van der Waals surface area contributed by atoms with Crippen molar-refractivity contribution >= 4 is 11.9 Å². The molecule has 1 amide bonds. The van der Waals surface area contributed by atoms with Crippen molar-refractivity contribution in [2.75, 3.05) is 13.1 Å². The standard InChI is InChI=1S/C11H20N2O3/c1-2-12-8-9(14)13-11(7-10(15)16)5-3-4-6-11/h12H,2-8H2,1H3,(H,13,14)(H,15,16). The van der Waals surface area contributed by atoms with Crippen molar-refractivity contribution < 1.29 is 14.7 Å². The maximum Gasteiger partial charge on any atom is 0.305 e. The fraction of sp³-hybridized carbons (Fsp3) is 0.818. The number of rotatable bonds is 6. The second-order valence-electron chi connectivity index (χ2n) is 4.39. The Labute approximate surface area is 95.6 Å². The van der Waals surface area contributed by atoms with Gasteiger partial charge in [-0.3, -0.25) is 9.59 Å². The normalized spacial score (nSPS) is 18.3. The van der Waals surface area contributed by atoms with Gasteiger partial charge in [0.25, 0.3) is 0 Å². The van der Waals surface area contributed by atoms with Gasteiger partial charge in [-0.15, -0.1) is 0 Å². The fourth-order valence-electron chi connectivity index (χ4n) is 2.27. The Morgan fingerprint density at radius 1 is 1.31 bits per heavy atom. The minimum absolute atomic E-state index is 0.0326. The van der Waals surface area contributed by atoms with Crippen LogP contribution in [0.5, 0.6) is 0 Å². The number of aliphatic carboxylic acids is 1. The number of hydrogen-bond acceptors (Lipinski definition) is 3. The Morgan fingerprint density at radius 3 is 2.44 bits per heavy atom. The molecule has 16 heavy (non-hydrogen) atoms. The van der Waals surface area contributed by atoms with E-state index in [1.54, 1.807) is 0 Å². The molecule has 0 aliphatic heterocycles. The summed E-state index contributed by atoms with van der Waals surface area (Å²) < 4.78 is 0. The molecule has 1 fully saturated rings. The first-order chi connectivity index (χ1) is 7.58. The van der Waals surface area contributed by atoms with Crippen LogP contribution in [0.15, 0.2) is 0 Å². The third-order valence-electron chi connectivity index (χ3n) is 2.99. The zero-order valence-electron chi connectivity index (χ0n) is 9.71. The van der Waals surface area contributed by atoms with Crippen molar-refractivity contribution in [1.29, 1.82) is 0 Å². The van der Waals surface area contributed by atoms with Crippen LogP contribution in [0.4, 0.5) is 0 Å². The first kappa shape index (κ1) is 13.0. The van der Waals surface area contributed by atoms with Crippen LogP contribution in [-0.4, -0.2) is 35.6 Å². The maximum absolute atomic E-state index is 11.6. The molecule has 1 saturated carbocycles. The molecule has 3 N–H and O–H groups in total. The van der Waals surface area contributed by atoms with Gasteiger partial charge in [-0.05, 0) is 19.4 Å². The monoisotopic (exact) mass is 228 g/mol. The van der Waals surface area contributed by atoms with Crippen LogP contribution in [0.1, 0.15) is 39.0 Å². The second kappa shape index (κ2) is 5.84. The molecule has 92 valence electrons. The van der Waals surface area contributed by atoms with E-state index in [0.29, 0.717) is 0 Å². The molecule has 0 spiro atoms. The Hall–Kier alpha value is -1.10. The first-order valence-corrected chi connectivity index (χ1v) is 5.81. The van der Waals surface area contributed by atoms with E-state index in [9.17, 15) is 9.59 Å². The number of likely N-dealkylation sites (N-methyl/N-ethyl adjacent to an activating group) is 1. The lowest BCUT2D eigenvalue weighted by atomic mass is 9.93. The first-order valence-electron chi connectivity index (χ1n) is 5.81. The van der Waals surface area contributed by atoms with Gasteiger partial charge < -0.3 is 15.7 Å². The summed E-state index contributed by atoms with van der Waals surface area (Å²) in [5, 5.41) is 14.7. The molecule has 0 atom stereocenters. The molecule has 1 rings (SSSR count). The summed E-state index contributed by atoms with van der Waals surface area (Å²) in [6, 6.07) is 0. The number of carboxylic acid groups (broad SMARTS) is 1. The zero-order valence-corrected chi connectivity index (χ0v) is 9.71. The molecule has 0 aromatic heterocycles. The molecule has 0 saturated heterocycles. The summed E-state index contributed by atoms with van der Waals surface area (Å²) in [5.41, 5.74) is -0.502. The average molecular weight is 228 g/mol. The van der Waals surface area contributed by atoms with Crippen molar-refractivity contribution in [2.45, 2.75) is 44.6 Å². The van der Waals surface area contributed by atoms with Crippen LogP contribution in [0.3, 0.4) is 0 Å². The van der Waals surface area contributed by atoms with Crippen molar-refractivity contribution in [1.82, 2.24) is 10.6 Å². The number of hydrogen-bond donors (Lipinski definition) is 3. The minimum atomic E-state index is -0.842. The van der Waals surface area contributed by atoms with E-state index in [-0.39, 0.29) is 18.9 Å². The summed E-state index contributed by atoms with van der Waals surface area (Å²) in [6.45, 7) is 2.92. The van der Waals surface area contributed by atoms with Crippen LogP contribution >= 0.6 is 0 Å². The van der Waals surface area contributed by atoms with Crippen molar-refractivity contribution in [2.24, 2.45) is 0 Å². The highest BCUT2D eigenvalue weighted by atomic mass is 16.4. The third kappa shape index (κ3) is 3.81. The van der Waals surface area contributed by atoms with Crippen LogP contribution in [-0.2, 0) is 9.59 Å². The van der Waals surface area contributed by atoms with Gasteiger partial charge in [-0.25, -0.2) is 0 Å². The van der Waals surface area contributed by atoms with Crippen LogP contribution in [0, 0.1) is 0 Å². The number of carbonyl (C=O) groups is 2. The minimum Gasteiger partial charge on any atom is -0.481 e. The zero-order chi connectivity index (χ0) is 12.0. The molecule has 1 aliphatic rings. The van der Waals surface area contributed by atoms with Crippen LogP contribution in [0.25, 0.3) is 0 Å². The number of nitrogens with one attached hydrogen (secondary N) is 2. The highest BCUT2D eigenvalue weighted by Gasteiger charge is 2.37. The van der Waals surface area contributed by atoms with Crippen molar-refractivity contribution in [3.8, 4) is 0 Å². The molecule has 0 bridgehead atoms. The highest BCUT2D eigenvalue weighted by Crippen LogP contribution is 2.32. The van der Waals surface area contributed by atoms with Gasteiger partial charge in [0.05, 0.1) is 18.5 Å². The van der Waals surface area contributed by atoms with Gasteiger partial charge in [-0.1, -0.05) is 19.8 Å². The largest absolute Gasteiger partial charge is 0.481 e. The lowest BCUT2D eigenvalue weighted by Crippen LogP contribution is -2.50. The SMILES string of the molecule is CCNCC(=O)NC1(CC(=O)O)CCCC1. The third-order valence-corrected chi connectivity index (χ3v) is 2.99. The average Bonchev–Trinajstić information content (AvgIpc) is 2.62. The Kier molecular flexibility index (Phi) is 4.73. The topological polar surface area (TPSA) is 78.4 Å². The summed E-state index contributed by atoms with van der Waals surface area (Å²) in [7, 11) is 0. The van der Waals surface area contributed by atoms with Crippen molar-refractivity contribution in [3.05, 3.63) is 0 Å². The molecule has 0 unspecified atom stereocenters. The second-order valence-corrected chi connectivity index (χ2v) is 4.39. The molecule has 0 heterocycles. The molecule has 5 nitrogen and oxygen atoms in total. The predicted molar refractivity (Wildman–Crippen MR) is 60.1 cm³/mol. The number of carboxylic acids is 1. The molecular weight excluding hydrogens is 208 g/mol. The van der Waals surface area contributed by atoms with E-state index in [2.05, 4.69) is 10.6 Å². The molecule has 0 aromatic carbocycles. The van der Waals surface area contributed by atoms with Gasteiger partial charge in [0.1, 0.15) is 0 Å². The van der Waals surface area contributed by atoms with Crippen molar-refractivity contribution in [3.63, 3.8) is 0 Å². The predicted octanol–water partition coefficient (Wildman–Crippen LogP) is 0.500. The van der Waals surface area contributed by atoms with E-state index in [1.165, 1.54) is 0 Å². The lowest BCUT2D eigenvalue weighted by molar-refractivity contribution is -0.139. The molecule has 0 radical (unpaired) electrons. The quantitative estimate of drug-likeness (QED) is 0.618. The van der Waals surface area contributed by atoms with Gasteiger partial charge in [0.2, 0.25) is 5.91 Å². The highest BCUT2D eigenvalue weighted by molar-refractivity contribution is 5.80. The number of carbonyl (C=O) groups excluding carboxylic acids is 1. The van der Waals surface area contributed by atoms with E-state index in [1.807, 2.05) is 6.92 Å². The molecule has 1 aliphatic carbocycles. The molecule has 5 heteroatoms. The van der Waals surface area contributed by atoms with E-state index < -0.39 is 11.5 Å². The van der Waals surface area contributed by atoms with E-state index >= 15 is 0 Å². The van der Waals surface area contributed by atoms with Crippen LogP contribution in [0.2, 0.25) is 0 Å². The maximum atomic E-state index is 11.6. The lowest BCUT2D eigenvalue weighted by Gasteiger charge is -2.28. The number of amides is 1. The van der Waals surface area contributed by atoms with Gasteiger partial charge in [-0.2, -0.15) is 0 Å². The smallest absolute Gasteiger partial charge is 0.305 e. The summed E-state index contributed by atoms with van der Waals surface area (Å²) in [5.74, 6) is -0.948. The van der Waals surface area contributed by atoms with Gasteiger partial charge >= 0.3 is 5.97 Å².